The first kappa shape index (κ1) is 12.3. The molecule has 1 aliphatic carbocycles. The Morgan fingerprint density at radius 1 is 1.29 bits per heavy atom. The quantitative estimate of drug-likeness (QED) is 0.887. The number of amides is 1. The number of nitrogens with one attached hydrogen (secondary N) is 2. The van der Waals surface area contributed by atoms with E-state index in [1.807, 2.05) is 18.3 Å². The molecule has 2 N–H and O–H groups in total. The highest BCUT2D eigenvalue weighted by Crippen LogP contribution is 2.42. The smallest absolute Gasteiger partial charge is 0.228 e. The Hall–Kier alpha value is -2.43. The van der Waals surface area contributed by atoms with Crippen molar-refractivity contribution in [3.8, 4) is 11.1 Å². The van der Waals surface area contributed by atoms with Crippen LogP contribution in [-0.2, 0) is 4.79 Å². The molecule has 1 unspecified atom stereocenters. The number of carbonyl (C=O) groups excluding carboxylic acids is 1. The van der Waals surface area contributed by atoms with E-state index >= 15 is 0 Å². The van der Waals surface area contributed by atoms with Crippen LogP contribution in [0.5, 0.6) is 0 Å². The van der Waals surface area contributed by atoms with Gasteiger partial charge >= 0.3 is 0 Å². The molecule has 1 fully saturated rings. The first-order valence-corrected chi connectivity index (χ1v) is 7.24. The minimum atomic E-state index is 0.0834. The monoisotopic (exact) mass is 280 g/mol. The lowest BCUT2D eigenvalue weighted by Gasteiger charge is -2.28. The van der Waals surface area contributed by atoms with Crippen LogP contribution in [0.25, 0.3) is 11.1 Å². The predicted molar refractivity (Wildman–Crippen MR) is 80.9 cm³/mol. The summed E-state index contributed by atoms with van der Waals surface area (Å²) in [4.78, 5) is 20.6. The molecule has 5 heteroatoms. The Balaban J connectivity index is 1.80. The third kappa shape index (κ3) is 2.05. The van der Waals surface area contributed by atoms with E-state index in [2.05, 4.69) is 27.5 Å². The molecule has 2 aliphatic rings. The van der Waals surface area contributed by atoms with Crippen LogP contribution in [0.3, 0.4) is 0 Å². The fraction of sp³-hybridized carbons (Fsp3) is 0.312. The van der Waals surface area contributed by atoms with Gasteiger partial charge in [-0.15, -0.1) is 0 Å². The van der Waals surface area contributed by atoms with Crippen LogP contribution >= 0.6 is 0 Å². The number of nitrogens with zero attached hydrogens (tertiary/aromatic N) is 2. The Labute approximate surface area is 122 Å². The summed E-state index contributed by atoms with van der Waals surface area (Å²) >= 11 is 0. The van der Waals surface area contributed by atoms with Crippen LogP contribution < -0.4 is 10.6 Å². The number of rotatable bonds is 2. The fourth-order valence-corrected chi connectivity index (χ4v) is 2.85. The van der Waals surface area contributed by atoms with Gasteiger partial charge in [0.25, 0.3) is 0 Å². The van der Waals surface area contributed by atoms with Gasteiger partial charge in [0.2, 0.25) is 5.91 Å². The zero-order valence-electron chi connectivity index (χ0n) is 11.8. The number of hydrogen-bond donors (Lipinski definition) is 2. The van der Waals surface area contributed by atoms with E-state index in [9.17, 15) is 4.79 Å². The summed E-state index contributed by atoms with van der Waals surface area (Å²) in [6.45, 7) is 2.08. The molecule has 106 valence electrons. The second kappa shape index (κ2) is 4.55. The van der Waals surface area contributed by atoms with Gasteiger partial charge in [0.05, 0.1) is 6.04 Å². The van der Waals surface area contributed by atoms with Crippen LogP contribution in [0.2, 0.25) is 0 Å². The van der Waals surface area contributed by atoms with Crippen LogP contribution in [0.4, 0.5) is 11.5 Å². The molecule has 1 atom stereocenters. The van der Waals surface area contributed by atoms with Gasteiger partial charge in [0, 0.05) is 41.3 Å². The van der Waals surface area contributed by atoms with E-state index in [-0.39, 0.29) is 17.9 Å². The number of anilines is 2. The van der Waals surface area contributed by atoms with Crippen molar-refractivity contribution in [2.75, 3.05) is 10.6 Å². The number of carbonyl (C=O) groups is 1. The molecular weight excluding hydrogens is 264 g/mol. The van der Waals surface area contributed by atoms with Crippen molar-refractivity contribution in [2.45, 2.75) is 25.8 Å². The molecule has 1 saturated carbocycles. The van der Waals surface area contributed by atoms with Crippen molar-refractivity contribution >= 4 is 17.4 Å². The minimum Gasteiger partial charge on any atom is -0.378 e. The van der Waals surface area contributed by atoms with Gasteiger partial charge in [-0.3, -0.25) is 9.78 Å². The molecule has 0 saturated heterocycles. The van der Waals surface area contributed by atoms with Gasteiger partial charge < -0.3 is 10.6 Å². The van der Waals surface area contributed by atoms with E-state index in [0.29, 0.717) is 5.82 Å². The fourth-order valence-electron chi connectivity index (χ4n) is 2.85. The van der Waals surface area contributed by atoms with E-state index in [0.717, 1.165) is 35.2 Å². The molecule has 0 aromatic carbocycles. The summed E-state index contributed by atoms with van der Waals surface area (Å²) in [5.41, 5.74) is 4.24. The lowest BCUT2D eigenvalue weighted by Crippen LogP contribution is -2.21. The standard InChI is InChI=1S/C16H16N4O/c1-9-14-11(12-8-17-6-5-13(12)19-9)4-7-18-15(14)20-16(21)10-2-3-10/h4-10,19H,2-3H2,1H3,(H,18,20,21). The lowest BCUT2D eigenvalue weighted by molar-refractivity contribution is -0.117. The van der Waals surface area contributed by atoms with Crippen molar-refractivity contribution in [3.05, 3.63) is 36.3 Å². The van der Waals surface area contributed by atoms with E-state index in [1.54, 1.807) is 12.4 Å². The highest BCUT2D eigenvalue weighted by atomic mass is 16.2. The minimum absolute atomic E-state index is 0.0834. The molecule has 3 heterocycles. The van der Waals surface area contributed by atoms with Gasteiger partial charge in [-0.05, 0) is 37.5 Å². The third-order valence-electron chi connectivity index (χ3n) is 4.10. The third-order valence-corrected chi connectivity index (χ3v) is 4.10. The van der Waals surface area contributed by atoms with Crippen LogP contribution in [0.15, 0.2) is 30.7 Å². The summed E-state index contributed by atoms with van der Waals surface area (Å²) in [7, 11) is 0. The van der Waals surface area contributed by atoms with Crippen LogP contribution in [0, 0.1) is 5.92 Å². The first-order valence-electron chi connectivity index (χ1n) is 7.24. The molecule has 21 heavy (non-hydrogen) atoms. The topological polar surface area (TPSA) is 66.9 Å². The maximum absolute atomic E-state index is 12.0. The van der Waals surface area contributed by atoms with Crippen LogP contribution in [0.1, 0.15) is 31.4 Å². The SMILES string of the molecule is CC1Nc2ccncc2-c2ccnc(NC(=O)C3CC3)c21. The largest absolute Gasteiger partial charge is 0.378 e. The Morgan fingerprint density at radius 3 is 2.95 bits per heavy atom. The average molecular weight is 280 g/mol. The second-order valence-corrected chi connectivity index (χ2v) is 5.67. The Bertz CT molecular complexity index is 724. The van der Waals surface area contributed by atoms with Gasteiger partial charge in [0.15, 0.2) is 0 Å². The molecule has 1 aliphatic heterocycles. The normalized spacial score (nSPS) is 19.2. The predicted octanol–water partition coefficient (Wildman–Crippen LogP) is 2.98. The molecule has 0 spiro atoms. The maximum Gasteiger partial charge on any atom is 0.228 e. The number of hydrogen-bond acceptors (Lipinski definition) is 4. The van der Waals surface area contributed by atoms with Crippen molar-refractivity contribution in [2.24, 2.45) is 5.92 Å². The second-order valence-electron chi connectivity index (χ2n) is 5.67. The van der Waals surface area contributed by atoms with Crippen LogP contribution in [-0.4, -0.2) is 15.9 Å². The molecule has 5 nitrogen and oxygen atoms in total. The van der Waals surface area contributed by atoms with Gasteiger partial charge in [-0.25, -0.2) is 4.98 Å². The highest BCUT2D eigenvalue weighted by molar-refractivity contribution is 5.96. The van der Waals surface area contributed by atoms with Crippen molar-refractivity contribution in [1.82, 2.24) is 9.97 Å². The summed E-state index contributed by atoms with van der Waals surface area (Å²) in [5, 5.41) is 6.43. The van der Waals surface area contributed by atoms with Gasteiger partial charge in [0.1, 0.15) is 5.82 Å². The van der Waals surface area contributed by atoms with Crippen molar-refractivity contribution < 1.29 is 4.79 Å². The van der Waals surface area contributed by atoms with E-state index < -0.39 is 0 Å². The molecule has 0 bridgehead atoms. The van der Waals surface area contributed by atoms with E-state index in [4.69, 9.17) is 0 Å². The van der Waals surface area contributed by atoms with Crippen molar-refractivity contribution in [3.63, 3.8) is 0 Å². The van der Waals surface area contributed by atoms with Gasteiger partial charge in [-0.1, -0.05) is 0 Å². The maximum atomic E-state index is 12.0. The number of aromatic nitrogens is 2. The average Bonchev–Trinajstić information content (AvgIpc) is 3.32. The molecule has 2 aromatic rings. The Kier molecular flexibility index (Phi) is 2.67. The zero-order valence-corrected chi connectivity index (χ0v) is 11.8. The Morgan fingerprint density at radius 2 is 2.14 bits per heavy atom. The molecule has 4 rings (SSSR count). The molecular formula is C16H16N4O. The summed E-state index contributed by atoms with van der Waals surface area (Å²) in [6.07, 6.45) is 7.35. The summed E-state index contributed by atoms with van der Waals surface area (Å²) < 4.78 is 0. The summed E-state index contributed by atoms with van der Waals surface area (Å²) in [5.74, 6) is 0.919. The first-order chi connectivity index (χ1) is 10.2. The highest BCUT2D eigenvalue weighted by Gasteiger charge is 2.32. The molecule has 1 amide bonds. The molecule has 0 radical (unpaired) electrons. The van der Waals surface area contributed by atoms with Crippen molar-refractivity contribution in [1.29, 1.82) is 0 Å². The molecule has 2 aromatic heterocycles. The van der Waals surface area contributed by atoms with E-state index in [1.165, 1.54) is 0 Å². The number of fused-ring (bicyclic) bond motifs is 3. The zero-order chi connectivity index (χ0) is 14.4. The van der Waals surface area contributed by atoms with Gasteiger partial charge in [-0.2, -0.15) is 0 Å². The lowest BCUT2D eigenvalue weighted by atomic mass is 9.92. The number of pyridine rings is 2. The summed E-state index contributed by atoms with van der Waals surface area (Å²) in [6, 6.07) is 4.05.